The van der Waals surface area contributed by atoms with Gasteiger partial charge in [-0.25, -0.2) is 4.79 Å². The number of likely N-dealkylation sites (tertiary alicyclic amines) is 1. The van der Waals surface area contributed by atoms with E-state index in [1.807, 2.05) is 34.9 Å². The van der Waals surface area contributed by atoms with Crippen LogP contribution < -0.4 is 15.0 Å². The normalized spacial score (nSPS) is 20.7. The molecule has 3 amide bonds. The molecule has 6 nitrogen and oxygen atoms in total. The summed E-state index contributed by atoms with van der Waals surface area (Å²) in [5.41, 5.74) is 1.96. The first-order valence-corrected chi connectivity index (χ1v) is 9.08. The van der Waals surface area contributed by atoms with Gasteiger partial charge in [0.2, 0.25) is 5.91 Å². The minimum Gasteiger partial charge on any atom is -0.486 e. The van der Waals surface area contributed by atoms with E-state index in [2.05, 4.69) is 12.2 Å². The quantitative estimate of drug-likeness (QED) is 0.896. The van der Waals surface area contributed by atoms with Crippen molar-refractivity contribution in [3.05, 3.63) is 23.8 Å². The Morgan fingerprint density at radius 3 is 2.64 bits per heavy atom. The van der Waals surface area contributed by atoms with E-state index in [4.69, 9.17) is 4.74 Å². The highest BCUT2D eigenvalue weighted by Crippen LogP contribution is 2.36. The van der Waals surface area contributed by atoms with Crippen LogP contribution in [0, 0.1) is 12.8 Å². The molecule has 3 rings (SSSR count). The summed E-state index contributed by atoms with van der Waals surface area (Å²) in [5, 5.41) is 2.71. The zero-order valence-corrected chi connectivity index (χ0v) is 15.2. The summed E-state index contributed by atoms with van der Waals surface area (Å²) in [4.78, 5) is 28.6. The van der Waals surface area contributed by atoms with E-state index in [1.54, 1.807) is 7.05 Å². The van der Waals surface area contributed by atoms with Crippen LogP contribution in [-0.2, 0) is 4.79 Å². The molecular weight excluding hydrogens is 318 g/mol. The minimum absolute atomic E-state index is 0.0108. The summed E-state index contributed by atoms with van der Waals surface area (Å²) in [6.07, 6.45) is 2.31. The zero-order valence-electron chi connectivity index (χ0n) is 15.2. The fourth-order valence-electron chi connectivity index (χ4n) is 3.56. The van der Waals surface area contributed by atoms with E-state index in [0.29, 0.717) is 32.5 Å². The Bertz CT molecular complexity index is 653. The lowest BCUT2D eigenvalue weighted by atomic mass is 9.96. The van der Waals surface area contributed by atoms with E-state index in [0.717, 1.165) is 23.4 Å². The molecule has 25 heavy (non-hydrogen) atoms. The smallest absolute Gasteiger partial charge is 0.324 e. The van der Waals surface area contributed by atoms with Crippen molar-refractivity contribution in [3.8, 4) is 5.75 Å². The van der Waals surface area contributed by atoms with Crippen molar-refractivity contribution in [2.45, 2.75) is 39.2 Å². The molecule has 0 bridgehead atoms. The van der Waals surface area contributed by atoms with E-state index in [-0.39, 0.29) is 24.0 Å². The van der Waals surface area contributed by atoms with Crippen LogP contribution in [0.5, 0.6) is 5.75 Å². The van der Waals surface area contributed by atoms with Crippen molar-refractivity contribution < 1.29 is 14.3 Å². The van der Waals surface area contributed by atoms with Gasteiger partial charge in [0.15, 0.2) is 0 Å². The molecule has 1 unspecified atom stereocenters. The van der Waals surface area contributed by atoms with Crippen molar-refractivity contribution in [3.63, 3.8) is 0 Å². The first kappa shape index (κ1) is 17.6. The van der Waals surface area contributed by atoms with Crippen molar-refractivity contribution in [2.75, 3.05) is 31.6 Å². The van der Waals surface area contributed by atoms with Gasteiger partial charge in [0.1, 0.15) is 11.9 Å². The largest absolute Gasteiger partial charge is 0.486 e. The van der Waals surface area contributed by atoms with Gasteiger partial charge < -0.3 is 15.0 Å². The molecule has 0 aliphatic carbocycles. The van der Waals surface area contributed by atoms with Gasteiger partial charge in [-0.2, -0.15) is 0 Å². The van der Waals surface area contributed by atoms with Crippen molar-refractivity contribution in [1.82, 2.24) is 10.2 Å². The van der Waals surface area contributed by atoms with E-state index in [9.17, 15) is 9.59 Å². The molecule has 1 N–H and O–H groups in total. The lowest BCUT2D eigenvalue weighted by Crippen LogP contribution is -2.52. The molecule has 0 aromatic heterocycles. The number of amides is 3. The molecule has 2 heterocycles. The molecule has 2 aliphatic heterocycles. The second-order valence-electron chi connectivity index (χ2n) is 6.89. The lowest BCUT2D eigenvalue weighted by Gasteiger charge is -2.39. The molecule has 0 saturated carbocycles. The number of urea groups is 1. The van der Waals surface area contributed by atoms with Crippen LogP contribution in [0.3, 0.4) is 0 Å². The van der Waals surface area contributed by atoms with Gasteiger partial charge >= 0.3 is 6.03 Å². The number of carbonyl (C=O) groups excluding carboxylic acids is 2. The number of hydrogen-bond acceptors (Lipinski definition) is 3. The standard InChI is InChI=1S/C19H27N3O3/c1-4-15-12-22(16-11-13(2)5-6-17(16)25-15)19(24)21-9-7-14(8-10-21)18(23)20-3/h5-6,11,14-15H,4,7-10,12H2,1-3H3,(H,20,23). The third-order valence-electron chi connectivity index (χ3n) is 5.15. The Morgan fingerprint density at radius 2 is 2.00 bits per heavy atom. The molecule has 0 radical (unpaired) electrons. The van der Waals surface area contributed by atoms with Crippen molar-refractivity contribution in [1.29, 1.82) is 0 Å². The Hall–Kier alpha value is -2.24. The predicted octanol–water partition coefficient (Wildman–Crippen LogP) is 2.55. The highest BCUT2D eigenvalue weighted by Gasteiger charge is 2.34. The number of piperidine rings is 1. The summed E-state index contributed by atoms with van der Waals surface area (Å²) in [7, 11) is 1.66. The maximum atomic E-state index is 13.1. The average Bonchev–Trinajstić information content (AvgIpc) is 2.66. The second kappa shape index (κ2) is 7.33. The fraction of sp³-hybridized carbons (Fsp3) is 0.579. The van der Waals surface area contributed by atoms with Crippen LogP contribution in [0.15, 0.2) is 18.2 Å². The van der Waals surface area contributed by atoms with Crippen LogP contribution in [0.2, 0.25) is 0 Å². The molecular formula is C19H27N3O3. The van der Waals surface area contributed by atoms with Crippen LogP contribution in [0.25, 0.3) is 0 Å². The van der Waals surface area contributed by atoms with E-state index in [1.165, 1.54) is 0 Å². The van der Waals surface area contributed by atoms with Crippen LogP contribution >= 0.6 is 0 Å². The number of fused-ring (bicyclic) bond motifs is 1. The molecule has 1 saturated heterocycles. The Kier molecular flexibility index (Phi) is 5.16. The van der Waals surface area contributed by atoms with Gasteiger partial charge in [-0.05, 0) is 43.9 Å². The highest BCUT2D eigenvalue weighted by atomic mass is 16.5. The Morgan fingerprint density at radius 1 is 1.28 bits per heavy atom. The van der Waals surface area contributed by atoms with Gasteiger partial charge in [-0.3, -0.25) is 9.69 Å². The number of benzene rings is 1. The van der Waals surface area contributed by atoms with E-state index >= 15 is 0 Å². The summed E-state index contributed by atoms with van der Waals surface area (Å²) in [5.74, 6) is 0.861. The minimum atomic E-state index is 0.0108. The van der Waals surface area contributed by atoms with Gasteiger partial charge in [0, 0.05) is 26.1 Å². The SMILES string of the molecule is CCC1CN(C(=O)N2CCC(C(=O)NC)CC2)c2cc(C)ccc2O1. The zero-order chi connectivity index (χ0) is 18.0. The highest BCUT2D eigenvalue weighted by molar-refractivity contribution is 5.94. The van der Waals surface area contributed by atoms with E-state index < -0.39 is 0 Å². The number of nitrogens with zero attached hydrogens (tertiary/aromatic N) is 2. The number of carbonyl (C=O) groups is 2. The molecule has 1 aromatic carbocycles. The lowest BCUT2D eigenvalue weighted by molar-refractivity contribution is -0.125. The molecule has 1 fully saturated rings. The van der Waals surface area contributed by atoms with Gasteiger partial charge in [-0.1, -0.05) is 13.0 Å². The molecule has 1 atom stereocenters. The molecule has 0 spiro atoms. The first-order chi connectivity index (χ1) is 12.0. The molecule has 1 aromatic rings. The second-order valence-corrected chi connectivity index (χ2v) is 6.89. The summed E-state index contributed by atoms with van der Waals surface area (Å²) in [6.45, 7) is 5.89. The molecule has 136 valence electrons. The number of ether oxygens (including phenoxy) is 1. The number of aryl methyl sites for hydroxylation is 1. The van der Waals surface area contributed by atoms with Crippen LogP contribution in [0.1, 0.15) is 31.7 Å². The molecule has 6 heteroatoms. The third-order valence-corrected chi connectivity index (χ3v) is 5.15. The van der Waals surface area contributed by atoms with Crippen LogP contribution in [0.4, 0.5) is 10.5 Å². The number of hydrogen-bond donors (Lipinski definition) is 1. The van der Waals surface area contributed by atoms with Crippen molar-refractivity contribution >= 4 is 17.6 Å². The topological polar surface area (TPSA) is 61.9 Å². The third kappa shape index (κ3) is 3.57. The summed E-state index contributed by atoms with van der Waals surface area (Å²) in [6, 6.07) is 5.99. The van der Waals surface area contributed by atoms with Gasteiger partial charge in [0.25, 0.3) is 0 Å². The Labute approximate surface area is 149 Å². The fourth-order valence-corrected chi connectivity index (χ4v) is 3.56. The van der Waals surface area contributed by atoms with Crippen molar-refractivity contribution in [2.24, 2.45) is 5.92 Å². The summed E-state index contributed by atoms with van der Waals surface area (Å²) < 4.78 is 6.00. The maximum absolute atomic E-state index is 13.1. The van der Waals surface area contributed by atoms with Crippen LogP contribution in [-0.4, -0.2) is 49.6 Å². The first-order valence-electron chi connectivity index (χ1n) is 9.08. The molecule has 2 aliphatic rings. The number of anilines is 1. The summed E-state index contributed by atoms with van der Waals surface area (Å²) >= 11 is 0. The number of nitrogens with one attached hydrogen (secondary N) is 1. The van der Waals surface area contributed by atoms with Gasteiger partial charge in [0.05, 0.1) is 12.2 Å². The monoisotopic (exact) mass is 345 g/mol. The average molecular weight is 345 g/mol. The number of rotatable bonds is 2. The predicted molar refractivity (Wildman–Crippen MR) is 97.0 cm³/mol. The maximum Gasteiger partial charge on any atom is 0.324 e. The van der Waals surface area contributed by atoms with Gasteiger partial charge in [-0.15, -0.1) is 0 Å². The Balaban J connectivity index is 1.76.